The van der Waals surface area contributed by atoms with Gasteiger partial charge in [0.1, 0.15) is 0 Å². The van der Waals surface area contributed by atoms with Crippen molar-refractivity contribution in [3.05, 3.63) is 0 Å². The molecule has 1 amide bonds. The number of hydrogen-bond donors (Lipinski definition) is 0. The maximum atomic E-state index is 12.6. The van der Waals surface area contributed by atoms with Gasteiger partial charge in [-0.2, -0.15) is 0 Å². The monoisotopic (exact) mass is 289 g/mol. The summed E-state index contributed by atoms with van der Waals surface area (Å²) >= 11 is 0. The maximum absolute atomic E-state index is 12.6. The Hall–Kier alpha value is -0.710. The highest BCUT2D eigenvalue weighted by atomic mass is 19.3. The van der Waals surface area contributed by atoms with Crippen molar-refractivity contribution in [2.24, 2.45) is 5.41 Å². The molecule has 0 bridgehead atoms. The van der Waals surface area contributed by atoms with E-state index in [0.717, 1.165) is 25.7 Å². The lowest BCUT2D eigenvalue weighted by atomic mass is 9.82. The van der Waals surface area contributed by atoms with Crippen molar-refractivity contribution < 1.29 is 18.3 Å². The topological polar surface area (TPSA) is 29.5 Å². The maximum Gasteiger partial charge on any atom is 0.239 e. The highest BCUT2D eigenvalue weighted by Crippen LogP contribution is 2.36. The van der Waals surface area contributed by atoms with Crippen LogP contribution in [0.3, 0.4) is 0 Å². The van der Waals surface area contributed by atoms with Crippen LogP contribution >= 0.6 is 0 Å². The Morgan fingerprint density at radius 2 is 1.95 bits per heavy atom. The number of carbonyl (C=O) groups is 1. The van der Waals surface area contributed by atoms with Crippen LogP contribution in [0.4, 0.5) is 8.78 Å². The van der Waals surface area contributed by atoms with Crippen molar-refractivity contribution in [3.8, 4) is 0 Å². The quantitative estimate of drug-likeness (QED) is 0.798. The zero-order chi connectivity index (χ0) is 14.8. The summed E-state index contributed by atoms with van der Waals surface area (Å²) in [6.07, 6.45) is 2.61. The van der Waals surface area contributed by atoms with Crippen LogP contribution in [0.2, 0.25) is 0 Å². The number of carbonyl (C=O) groups excluding carboxylic acids is 1. The van der Waals surface area contributed by atoms with Gasteiger partial charge in [0.25, 0.3) is 0 Å². The van der Waals surface area contributed by atoms with Crippen LogP contribution in [0.25, 0.3) is 0 Å². The minimum atomic E-state index is -2.45. The lowest BCUT2D eigenvalue weighted by Crippen LogP contribution is -2.56. The summed E-state index contributed by atoms with van der Waals surface area (Å²) in [7, 11) is 0. The van der Waals surface area contributed by atoms with Gasteiger partial charge in [0.05, 0.1) is 12.2 Å². The van der Waals surface area contributed by atoms with Crippen molar-refractivity contribution >= 4 is 5.91 Å². The van der Waals surface area contributed by atoms with E-state index in [-0.39, 0.29) is 17.9 Å². The van der Waals surface area contributed by atoms with E-state index in [4.69, 9.17) is 4.74 Å². The van der Waals surface area contributed by atoms with E-state index >= 15 is 0 Å². The summed E-state index contributed by atoms with van der Waals surface area (Å²) in [5.41, 5.74) is -1.21. The van der Waals surface area contributed by atoms with Crippen LogP contribution in [0, 0.1) is 5.41 Å². The molecule has 0 aromatic heterocycles. The average Bonchev–Trinajstić information content (AvgIpc) is 2.37. The average molecular weight is 289 g/mol. The van der Waals surface area contributed by atoms with E-state index in [1.807, 2.05) is 0 Å². The zero-order valence-corrected chi connectivity index (χ0v) is 12.5. The highest BCUT2D eigenvalue weighted by Gasteiger charge is 2.42. The molecule has 0 radical (unpaired) electrons. The first-order valence-electron chi connectivity index (χ1n) is 7.56. The normalized spacial score (nSPS) is 23.4. The SMILES string of the molecule is CC(C)(CC(F)F)C(=O)N1CCOC2(CCCCC2)C1. The van der Waals surface area contributed by atoms with Gasteiger partial charge >= 0.3 is 0 Å². The number of rotatable bonds is 3. The van der Waals surface area contributed by atoms with Crippen LogP contribution < -0.4 is 0 Å². The van der Waals surface area contributed by atoms with Crippen molar-refractivity contribution in [1.82, 2.24) is 4.90 Å². The molecule has 0 unspecified atom stereocenters. The second-order valence-corrected chi connectivity index (χ2v) is 6.80. The van der Waals surface area contributed by atoms with Crippen molar-refractivity contribution in [2.75, 3.05) is 19.7 Å². The Kier molecular flexibility index (Phi) is 4.67. The molecule has 2 rings (SSSR count). The molecule has 1 saturated carbocycles. The smallest absolute Gasteiger partial charge is 0.239 e. The molecule has 3 nitrogen and oxygen atoms in total. The number of alkyl halides is 2. The van der Waals surface area contributed by atoms with E-state index in [2.05, 4.69) is 0 Å². The number of ether oxygens (including phenoxy) is 1. The molecule has 1 aliphatic carbocycles. The first-order chi connectivity index (χ1) is 9.35. The number of morpholine rings is 1. The van der Waals surface area contributed by atoms with E-state index in [1.54, 1.807) is 18.7 Å². The number of amides is 1. The third-order valence-corrected chi connectivity index (χ3v) is 4.54. The van der Waals surface area contributed by atoms with Crippen LogP contribution in [0.1, 0.15) is 52.4 Å². The standard InChI is InChI=1S/C15H25F2NO2/c1-14(2,10-12(16)17)13(19)18-8-9-20-15(11-18)6-4-3-5-7-15/h12H,3-11H2,1-2H3. The molecular weight excluding hydrogens is 264 g/mol. The van der Waals surface area contributed by atoms with Crippen LogP contribution in [0.15, 0.2) is 0 Å². The molecule has 116 valence electrons. The van der Waals surface area contributed by atoms with Crippen molar-refractivity contribution in [3.63, 3.8) is 0 Å². The second-order valence-electron chi connectivity index (χ2n) is 6.80. The molecule has 0 atom stereocenters. The Bertz CT molecular complexity index is 346. The van der Waals surface area contributed by atoms with E-state index in [0.29, 0.717) is 19.7 Å². The van der Waals surface area contributed by atoms with Gasteiger partial charge in [-0.1, -0.05) is 33.1 Å². The molecule has 2 aliphatic rings. The molecule has 0 aromatic rings. The van der Waals surface area contributed by atoms with Gasteiger partial charge in [-0.15, -0.1) is 0 Å². The predicted octanol–water partition coefficient (Wildman–Crippen LogP) is 3.23. The Balaban J connectivity index is 2.02. The lowest BCUT2D eigenvalue weighted by molar-refractivity contribution is -0.165. The van der Waals surface area contributed by atoms with Gasteiger partial charge in [-0.25, -0.2) is 8.78 Å². The summed E-state index contributed by atoms with van der Waals surface area (Å²) in [6, 6.07) is 0. The van der Waals surface area contributed by atoms with Gasteiger partial charge in [0.15, 0.2) is 0 Å². The molecule has 1 aliphatic heterocycles. The first kappa shape index (κ1) is 15.7. The van der Waals surface area contributed by atoms with Crippen LogP contribution in [0.5, 0.6) is 0 Å². The van der Waals surface area contributed by atoms with Gasteiger partial charge in [0, 0.05) is 24.9 Å². The van der Waals surface area contributed by atoms with Gasteiger partial charge in [-0.05, 0) is 12.8 Å². The van der Waals surface area contributed by atoms with Gasteiger partial charge in [0.2, 0.25) is 12.3 Å². The summed E-state index contributed by atoms with van der Waals surface area (Å²) < 4.78 is 31.2. The molecule has 2 fully saturated rings. The molecular formula is C15H25F2NO2. The first-order valence-corrected chi connectivity index (χ1v) is 7.56. The summed E-state index contributed by atoms with van der Waals surface area (Å²) in [4.78, 5) is 14.3. The Labute approximate surface area is 119 Å². The van der Waals surface area contributed by atoms with Crippen LogP contribution in [-0.4, -0.2) is 42.5 Å². The molecule has 1 saturated heterocycles. The summed E-state index contributed by atoms with van der Waals surface area (Å²) in [5, 5.41) is 0. The molecule has 20 heavy (non-hydrogen) atoms. The zero-order valence-electron chi connectivity index (χ0n) is 12.5. The van der Waals surface area contributed by atoms with E-state index in [9.17, 15) is 13.6 Å². The van der Waals surface area contributed by atoms with E-state index in [1.165, 1.54) is 6.42 Å². The summed E-state index contributed by atoms with van der Waals surface area (Å²) in [6.45, 7) is 4.84. The molecule has 1 spiro atoms. The van der Waals surface area contributed by atoms with Gasteiger partial charge < -0.3 is 9.64 Å². The van der Waals surface area contributed by atoms with Gasteiger partial charge in [-0.3, -0.25) is 4.79 Å². The molecule has 5 heteroatoms. The highest BCUT2D eigenvalue weighted by molar-refractivity contribution is 5.82. The molecule has 1 heterocycles. The fraction of sp³-hybridized carbons (Fsp3) is 0.933. The Morgan fingerprint density at radius 1 is 1.30 bits per heavy atom. The second kappa shape index (κ2) is 5.96. The fourth-order valence-corrected chi connectivity index (χ4v) is 3.42. The van der Waals surface area contributed by atoms with Crippen molar-refractivity contribution in [1.29, 1.82) is 0 Å². The number of nitrogens with zero attached hydrogens (tertiary/aromatic N) is 1. The third kappa shape index (κ3) is 3.48. The lowest BCUT2D eigenvalue weighted by Gasteiger charge is -2.46. The number of hydrogen-bond acceptors (Lipinski definition) is 2. The predicted molar refractivity (Wildman–Crippen MR) is 72.8 cm³/mol. The summed E-state index contributed by atoms with van der Waals surface area (Å²) in [5.74, 6) is -0.161. The van der Waals surface area contributed by atoms with E-state index < -0.39 is 11.8 Å². The minimum absolute atomic E-state index is 0.161. The minimum Gasteiger partial charge on any atom is -0.371 e. The fourth-order valence-electron chi connectivity index (χ4n) is 3.42. The number of halogens is 2. The largest absolute Gasteiger partial charge is 0.371 e. The Morgan fingerprint density at radius 3 is 2.55 bits per heavy atom. The third-order valence-electron chi connectivity index (χ3n) is 4.54. The molecule has 0 N–H and O–H groups in total. The van der Waals surface area contributed by atoms with Crippen molar-refractivity contribution in [2.45, 2.75) is 64.4 Å². The van der Waals surface area contributed by atoms with Crippen LogP contribution in [-0.2, 0) is 9.53 Å². The molecule has 0 aromatic carbocycles.